The lowest BCUT2D eigenvalue weighted by Crippen LogP contribution is -1.74. The van der Waals surface area contributed by atoms with E-state index in [1.54, 1.807) is 11.1 Å². The number of hydrogen-bond donors (Lipinski definition) is 0. The minimum atomic E-state index is 0.374. The first-order valence-electron chi connectivity index (χ1n) is 2.96. The van der Waals surface area contributed by atoms with E-state index in [2.05, 4.69) is 13.8 Å². The van der Waals surface area contributed by atoms with E-state index in [1.165, 1.54) is 9.10 Å². The molecule has 0 aromatic rings. The van der Waals surface area contributed by atoms with Crippen molar-refractivity contribution in [3.8, 4) is 0 Å². The summed E-state index contributed by atoms with van der Waals surface area (Å²) < 4.78 is 2.98. The van der Waals surface area contributed by atoms with Crippen LogP contribution in [0.3, 0.4) is 0 Å². The summed E-state index contributed by atoms with van der Waals surface area (Å²) in [6.07, 6.45) is 0. The van der Waals surface area contributed by atoms with Crippen LogP contribution >= 0.6 is 0 Å². The first-order chi connectivity index (χ1) is 3.30. The van der Waals surface area contributed by atoms with Crippen LogP contribution < -0.4 is 0 Å². The topological polar surface area (TPSA) is 0 Å². The van der Waals surface area contributed by atoms with E-state index in [1.807, 2.05) is 0 Å². The largest absolute Gasteiger partial charge is 0.376 e. The molecule has 0 N–H and O–H groups in total. The molecule has 1 heteroatoms. The molecule has 0 aromatic heterocycles. The van der Waals surface area contributed by atoms with Crippen LogP contribution in [0.5, 0.6) is 0 Å². The molecule has 0 nitrogen and oxygen atoms in total. The Kier molecular flexibility index (Phi) is 1.76. The SMILES string of the molecule is CC1=C(C)[CH2][Mg][CH2]1. The van der Waals surface area contributed by atoms with E-state index in [0.29, 0.717) is 20.4 Å². The molecule has 0 radical (unpaired) electrons. The molecule has 1 aliphatic heterocycles. The first kappa shape index (κ1) is 5.64. The van der Waals surface area contributed by atoms with Gasteiger partial charge in [-0.3, -0.25) is 0 Å². The molecule has 0 saturated heterocycles. The highest BCUT2D eigenvalue weighted by atomic mass is 24.5. The van der Waals surface area contributed by atoms with E-state index >= 15 is 0 Å². The zero-order valence-electron chi connectivity index (χ0n) is 5.12. The van der Waals surface area contributed by atoms with E-state index < -0.39 is 0 Å². The quantitative estimate of drug-likeness (QED) is 0.327. The van der Waals surface area contributed by atoms with Crippen LogP contribution in [0.4, 0.5) is 0 Å². The van der Waals surface area contributed by atoms with E-state index in [0.717, 1.165) is 0 Å². The van der Waals surface area contributed by atoms with Gasteiger partial charge in [0.2, 0.25) is 0 Å². The van der Waals surface area contributed by atoms with Gasteiger partial charge < -0.3 is 0 Å². The molecule has 0 amide bonds. The predicted molar refractivity (Wildman–Crippen MR) is 33.7 cm³/mol. The van der Waals surface area contributed by atoms with E-state index in [-0.39, 0.29) is 0 Å². The molecular formula is C6H10Mg. The molecule has 0 bridgehead atoms. The average Bonchev–Trinajstić information content (AvgIpc) is 1.91. The summed E-state index contributed by atoms with van der Waals surface area (Å²) in [6, 6.07) is 0. The van der Waals surface area contributed by atoms with Crippen molar-refractivity contribution in [2.45, 2.75) is 22.9 Å². The standard InChI is InChI=1S/C6H10.Mg/c1-5(2)6(3)4;/h1,3H2,2,4H3;. The third-order valence-electron chi connectivity index (χ3n) is 1.83. The molecule has 1 rings (SSSR count). The predicted octanol–water partition coefficient (Wildman–Crippen LogP) is 1.88. The highest BCUT2D eigenvalue weighted by Gasteiger charge is 2.07. The third kappa shape index (κ3) is 1.20. The maximum Gasteiger partial charge on any atom is 0.376 e. The molecular weight excluding hydrogens is 96.4 g/mol. The van der Waals surface area contributed by atoms with Crippen LogP contribution in [0.15, 0.2) is 11.1 Å². The van der Waals surface area contributed by atoms with Crippen molar-refractivity contribution in [2.24, 2.45) is 0 Å². The summed E-state index contributed by atoms with van der Waals surface area (Å²) in [4.78, 5) is 0. The van der Waals surface area contributed by atoms with Crippen molar-refractivity contribution in [3.63, 3.8) is 0 Å². The van der Waals surface area contributed by atoms with E-state index in [9.17, 15) is 0 Å². The fourth-order valence-electron chi connectivity index (χ4n) is 1.05. The van der Waals surface area contributed by atoms with Crippen LogP contribution in [-0.4, -0.2) is 20.4 Å². The fourth-order valence-corrected chi connectivity index (χ4v) is 3.14. The Labute approximate surface area is 54.7 Å². The Bertz CT molecular complexity index is 90.7. The molecule has 1 heterocycles. The van der Waals surface area contributed by atoms with Crippen molar-refractivity contribution in [1.82, 2.24) is 0 Å². The minimum absolute atomic E-state index is 0.374. The highest BCUT2D eigenvalue weighted by Crippen LogP contribution is 2.19. The number of rotatable bonds is 0. The third-order valence-corrected chi connectivity index (χ3v) is 4.04. The molecule has 0 aromatic carbocycles. The second kappa shape index (κ2) is 2.18. The summed E-state index contributed by atoms with van der Waals surface area (Å²) in [5.41, 5.74) is 3.37. The molecule has 0 saturated carbocycles. The van der Waals surface area contributed by atoms with Gasteiger partial charge in [0.1, 0.15) is 0 Å². The molecule has 0 aliphatic carbocycles. The van der Waals surface area contributed by atoms with Gasteiger partial charge in [0.25, 0.3) is 0 Å². The second-order valence-corrected chi connectivity index (χ2v) is 4.12. The number of allylic oxidation sites excluding steroid dienone is 2. The van der Waals surface area contributed by atoms with Crippen LogP contribution in [-0.2, 0) is 0 Å². The Morgan fingerprint density at radius 1 is 1.14 bits per heavy atom. The monoisotopic (exact) mass is 106 g/mol. The molecule has 0 spiro atoms. The van der Waals surface area contributed by atoms with Crippen molar-refractivity contribution in [2.75, 3.05) is 0 Å². The van der Waals surface area contributed by atoms with Crippen molar-refractivity contribution < 1.29 is 0 Å². The van der Waals surface area contributed by atoms with Gasteiger partial charge in [0, 0.05) is 0 Å². The summed E-state index contributed by atoms with van der Waals surface area (Å²) in [5, 5.41) is 0. The zero-order valence-corrected chi connectivity index (χ0v) is 6.54. The Morgan fingerprint density at radius 3 is 1.71 bits per heavy atom. The van der Waals surface area contributed by atoms with Gasteiger partial charge in [-0.05, 0) is 13.8 Å². The highest BCUT2D eigenvalue weighted by molar-refractivity contribution is 6.39. The first-order valence-corrected chi connectivity index (χ1v) is 4.96. The maximum atomic E-state index is 2.27. The van der Waals surface area contributed by atoms with Gasteiger partial charge in [-0.1, -0.05) is 0 Å². The van der Waals surface area contributed by atoms with Crippen molar-refractivity contribution in [3.05, 3.63) is 11.1 Å². The molecule has 0 fully saturated rings. The van der Waals surface area contributed by atoms with Crippen molar-refractivity contribution in [1.29, 1.82) is 0 Å². The lowest BCUT2D eigenvalue weighted by molar-refractivity contribution is 1.28. The van der Waals surface area contributed by atoms with Crippen LogP contribution in [0.1, 0.15) is 13.8 Å². The minimum Gasteiger partial charge on any atom is -0.125 e. The van der Waals surface area contributed by atoms with Gasteiger partial charge >= 0.3 is 20.4 Å². The summed E-state index contributed by atoms with van der Waals surface area (Å²) >= 11 is 0.374. The second-order valence-electron chi connectivity index (χ2n) is 2.41. The van der Waals surface area contributed by atoms with Gasteiger partial charge in [-0.15, -0.1) is 20.2 Å². The zero-order chi connectivity index (χ0) is 5.28. The number of hydrogen-bond acceptors (Lipinski definition) is 0. The van der Waals surface area contributed by atoms with Gasteiger partial charge in [-0.25, -0.2) is 0 Å². The van der Waals surface area contributed by atoms with Crippen LogP contribution in [0, 0.1) is 0 Å². The average molecular weight is 106 g/mol. The smallest absolute Gasteiger partial charge is 0.125 e. The molecule has 7 heavy (non-hydrogen) atoms. The fraction of sp³-hybridized carbons (Fsp3) is 0.667. The van der Waals surface area contributed by atoms with Gasteiger partial charge in [-0.2, -0.15) is 0 Å². The molecule has 1 aliphatic rings. The molecule has 0 unspecified atom stereocenters. The lowest BCUT2D eigenvalue weighted by Gasteiger charge is -1.91. The summed E-state index contributed by atoms with van der Waals surface area (Å²) in [5.74, 6) is 0. The Balaban J connectivity index is 2.64. The summed E-state index contributed by atoms with van der Waals surface area (Å²) in [6.45, 7) is 4.55. The molecule has 0 atom stereocenters. The van der Waals surface area contributed by atoms with Crippen LogP contribution in [0.2, 0.25) is 9.10 Å². The lowest BCUT2D eigenvalue weighted by atomic mass is 10.2. The van der Waals surface area contributed by atoms with Gasteiger partial charge in [0.15, 0.2) is 0 Å². The Hall–Kier alpha value is 0.506. The van der Waals surface area contributed by atoms with Crippen molar-refractivity contribution >= 4 is 20.4 Å². The van der Waals surface area contributed by atoms with Crippen LogP contribution in [0.25, 0.3) is 0 Å². The Morgan fingerprint density at radius 2 is 1.57 bits per heavy atom. The van der Waals surface area contributed by atoms with Gasteiger partial charge in [0.05, 0.1) is 0 Å². The summed E-state index contributed by atoms with van der Waals surface area (Å²) in [7, 11) is 0. The van der Waals surface area contributed by atoms with E-state index in [4.69, 9.17) is 0 Å². The normalized spacial score (nSPS) is 19.1. The maximum absolute atomic E-state index is 2.27. The molecule has 36 valence electrons.